The second-order valence-corrected chi connectivity index (χ2v) is 7.77. The molecule has 3 aromatic carbocycles. The maximum atomic E-state index is 13.0. The van der Waals surface area contributed by atoms with Gasteiger partial charge in [-0.25, -0.2) is 14.4 Å². The van der Waals surface area contributed by atoms with Gasteiger partial charge in [0, 0.05) is 5.70 Å². The number of nitrogens with zero attached hydrogens (tertiary/aromatic N) is 1. The van der Waals surface area contributed by atoms with Crippen molar-refractivity contribution in [2.24, 2.45) is 0 Å². The van der Waals surface area contributed by atoms with Gasteiger partial charge in [-0.1, -0.05) is 60.7 Å². The second kappa shape index (κ2) is 10.0. The number of allylic oxidation sites excluding steroid dienone is 1. The highest BCUT2D eigenvalue weighted by atomic mass is 16.5. The first-order valence-electron chi connectivity index (χ1n) is 10.8. The minimum atomic E-state index is -0.762. The number of rotatable bonds is 6. The van der Waals surface area contributed by atoms with Crippen molar-refractivity contribution in [3.63, 3.8) is 0 Å². The quantitative estimate of drug-likeness (QED) is 0.432. The first-order valence-corrected chi connectivity index (χ1v) is 10.8. The molecule has 2 amide bonds. The average molecular weight is 456 g/mol. The highest BCUT2D eigenvalue weighted by Gasteiger charge is 2.36. The normalized spacial score (nSPS) is 15.5. The molecule has 1 aliphatic heterocycles. The number of benzene rings is 3. The van der Waals surface area contributed by atoms with Gasteiger partial charge in [0.1, 0.15) is 5.75 Å². The van der Waals surface area contributed by atoms with Crippen molar-refractivity contribution in [1.29, 1.82) is 0 Å². The van der Waals surface area contributed by atoms with Gasteiger partial charge in [-0.05, 0) is 42.3 Å². The van der Waals surface area contributed by atoms with E-state index in [1.165, 1.54) is 12.0 Å². The van der Waals surface area contributed by atoms with E-state index < -0.39 is 18.0 Å². The van der Waals surface area contributed by atoms with E-state index in [1.54, 1.807) is 55.5 Å². The number of carbonyl (C=O) groups is 3. The van der Waals surface area contributed by atoms with Crippen LogP contribution in [0.1, 0.15) is 34.5 Å². The van der Waals surface area contributed by atoms with Crippen LogP contribution >= 0.6 is 0 Å². The number of hydrogen-bond donors (Lipinski definition) is 1. The topological polar surface area (TPSA) is 84.9 Å². The summed E-state index contributed by atoms with van der Waals surface area (Å²) in [5, 5.41) is 2.90. The Bertz CT molecular complexity index is 1240. The fourth-order valence-corrected chi connectivity index (χ4v) is 3.86. The SMILES string of the molecule is COC(=O)C1=C(C)N(Cc2ccccc2)C(=O)NC1c1cccc(OC(=O)c2ccccc2)c1. The Morgan fingerprint density at radius 2 is 1.59 bits per heavy atom. The summed E-state index contributed by atoms with van der Waals surface area (Å²) in [5.74, 6) is -0.749. The number of hydrogen-bond acceptors (Lipinski definition) is 5. The van der Waals surface area contributed by atoms with E-state index in [4.69, 9.17) is 9.47 Å². The lowest BCUT2D eigenvalue weighted by Gasteiger charge is -2.35. The lowest BCUT2D eigenvalue weighted by molar-refractivity contribution is -0.136. The third kappa shape index (κ3) is 4.83. The molecule has 7 nitrogen and oxygen atoms in total. The van der Waals surface area contributed by atoms with Crippen molar-refractivity contribution in [3.8, 4) is 5.75 Å². The summed E-state index contributed by atoms with van der Waals surface area (Å²) in [5.41, 5.74) is 2.74. The van der Waals surface area contributed by atoms with E-state index in [-0.39, 0.29) is 6.03 Å². The number of methoxy groups -OCH3 is 1. The molecule has 0 aromatic heterocycles. The molecule has 0 bridgehead atoms. The zero-order valence-electron chi connectivity index (χ0n) is 18.9. The molecule has 0 radical (unpaired) electrons. The molecule has 0 saturated heterocycles. The highest BCUT2D eigenvalue weighted by Crippen LogP contribution is 2.33. The molecule has 0 aliphatic carbocycles. The lowest BCUT2D eigenvalue weighted by Crippen LogP contribution is -2.47. The number of esters is 2. The van der Waals surface area contributed by atoms with Crippen LogP contribution in [0.5, 0.6) is 5.75 Å². The molecule has 34 heavy (non-hydrogen) atoms. The van der Waals surface area contributed by atoms with E-state index >= 15 is 0 Å². The Morgan fingerprint density at radius 3 is 2.26 bits per heavy atom. The Hall–Kier alpha value is -4.39. The number of nitrogens with one attached hydrogen (secondary N) is 1. The van der Waals surface area contributed by atoms with Crippen molar-refractivity contribution in [3.05, 3.63) is 113 Å². The monoisotopic (exact) mass is 456 g/mol. The first-order chi connectivity index (χ1) is 16.5. The Balaban J connectivity index is 1.65. The maximum Gasteiger partial charge on any atom is 0.343 e. The standard InChI is InChI=1S/C27H24N2O5/c1-18-23(26(31)33-2)24(28-27(32)29(18)17-19-10-5-3-6-11-19)21-14-9-15-22(16-21)34-25(30)20-12-7-4-8-13-20/h3-16,24H,17H2,1-2H3,(H,28,32). The second-order valence-electron chi connectivity index (χ2n) is 7.77. The van der Waals surface area contributed by atoms with Crippen molar-refractivity contribution in [1.82, 2.24) is 10.2 Å². The van der Waals surface area contributed by atoms with Crippen LogP contribution in [0.2, 0.25) is 0 Å². The average Bonchev–Trinajstić information content (AvgIpc) is 2.87. The van der Waals surface area contributed by atoms with Crippen molar-refractivity contribution >= 4 is 18.0 Å². The van der Waals surface area contributed by atoms with Gasteiger partial charge >= 0.3 is 18.0 Å². The minimum absolute atomic E-state index is 0.300. The molecule has 0 fully saturated rings. The Morgan fingerprint density at radius 1 is 0.912 bits per heavy atom. The van der Waals surface area contributed by atoms with E-state index in [9.17, 15) is 14.4 Å². The number of urea groups is 1. The number of ether oxygens (including phenoxy) is 2. The summed E-state index contributed by atoms with van der Waals surface area (Å²) in [6.07, 6.45) is 0. The van der Waals surface area contributed by atoms with Crippen LogP contribution in [0.15, 0.2) is 96.2 Å². The van der Waals surface area contributed by atoms with Gasteiger partial charge in [-0.2, -0.15) is 0 Å². The van der Waals surface area contributed by atoms with Gasteiger partial charge < -0.3 is 14.8 Å². The predicted octanol–water partition coefficient (Wildman–Crippen LogP) is 4.62. The molecule has 0 saturated carbocycles. The molecule has 172 valence electrons. The van der Waals surface area contributed by atoms with E-state index in [2.05, 4.69) is 5.32 Å². The zero-order chi connectivity index (χ0) is 24.1. The molecule has 1 N–H and O–H groups in total. The summed E-state index contributed by atoms with van der Waals surface area (Å²) >= 11 is 0. The van der Waals surface area contributed by atoms with Gasteiger partial charge in [0.2, 0.25) is 0 Å². The fourth-order valence-electron chi connectivity index (χ4n) is 3.86. The van der Waals surface area contributed by atoms with Crippen molar-refractivity contribution in [2.45, 2.75) is 19.5 Å². The zero-order valence-corrected chi connectivity index (χ0v) is 18.9. The smallest absolute Gasteiger partial charge is 0.343 e. The van der Waals surface area contributed by atoms with Crippen LogP contribution in [0.4, 0.5) is 4.79 Å². The summed E-state index contributed by atoms with van der Waals surface area (Å²) in [6, 6.07) is 23.8. The first kappa shape index (κ1) is 22.8. The van der Waals surface area contributed by atoms with E-state index in [1.807, 2.05) is 36.4 Å². The van der Waals surface area contributed by atoms with Crippen molar-refractivity contribution in [2.75, 3.05) is 7.11 Å². The predicted molar refractivity (Wildman–Crippen MR) is 126 cm³/mol. The maximum absolute atomic E-state index is 13.0. The van der Waals surface area contributed by atoms with Gasteiger partial charge in [0.05, 0.1) is 30.8 Å². The third-order valence-electron chi connectivity index (χ3n) is 5.60. The van der Waals surface area contributed by atoms with Gasteiger partial charge in [-0.15, -0.1) is 0 Å². The molecule has 1 atom stereocenters. The summed E-state index contributed by atoms with van der Waals surface area (Å²) in [6.45, 7) is 2.03. The number of amides is 2. The summed E-state index contributed by atoms with van der Waals surface area (Å²) < 4.78 is 10.6. The summed E-state index contributed by atoms with van der Waals surface area (Å²) in [4.78, 5) is 39.8. The van der Waals surface area contributed by atoms with E-state index in [0.717, 1.165) is 5.56 Å². The molecule has 0 spiro atoms. The molecule has 1 aliphatic rings. The van der Waals surface area contributed by atoms with Crippen LogP contribution in [0.25, 0.3) is 0 Å². The third-order valence-corrected chi connectivity index (χ3v) is 5.60. The van der Waals surface area contributed by atoms with Crippen LogP contribution in [0.3, 0.4) is 0 Å². The van der Waals surface area contributed by atoms with Crippen LogP contribution in [-0.2, 0) is 16.1 Å². The van der Waals surface area contributed by atoms with Crippen LogP contribution in [0, 0.1) is 0 Å². The molecule has 1 heterocycles. The van der Waals surface area contributed by atoms with Crippen LogP contribution < -0.4 is 10.1 Å². The van der Waals surface area contributed by atoms with Gasteiger partial charge in [0.15, 0.2) is 0 Å². The van der Waals surface area contributed by atoms with E-state index in [0.29, 0.717) is 34.7 Å². The van der Waals surface area contributed by atoms with Gasteiger partial charge in [-0.3, -0.25) is 4.90 Å². The fraction of sp³-hybridized carbons (Fsp3) is 0.148. The van der Waals surface area contributed by atoms with Crippen LogP contribution in [-0.4, -0.2) is 30.0 Å². The van der Waals surface area contributed by atoms with Crippen molar-refractivity contribution < 1.29 is 23.9 Å². The number of carbonyl (C=O) groups excluding carboxylic acids is 3. The largest absolute Gasteiger partial charge is 0.466 e. The Labute approximate surface area is 197 Å². The Kier molecular flexibility index (Phi) is 6.73. The summed E-state index contributed by atoms with van der Waals surface area (Å²) in [7, 11) is 1.30. The molecular weight excluding hydrogens is 432 g/mol. The molecule has 7 heteroatoms. The molecular formula is C27H24N2O5. The highest BCUT2D eigenvalue weighted by molar-refractivity contribution is 5.95. The molecule has 3 aromatic rings. The molecule has 1 unspecified atom stereocenters. The van der Waals surface area contributed by atoms with Gasteiger partial charge in [0.25, 0.3) is 0 Å². The molecule has 4 rings (SSSR count). The minimum Gasteiger partial charge on any atom is -0.466 e. The lowest BCUT2D eigenvalue weighted by atomic mass is 9.94.